The van der Waals surface area contributed by atoms with Crippen molar-refractivity contribution < 1.29 is 30.4 Å². The fourth-order valence-corrected chi connectivity index (χ4v) is 10.8. The molecule has 5 heterocycles. The molecule has 9 aromatic rings. The number of fused-ring (bicyclic) bond motifs is 12. The van der Waals surface area contributed by atoms with Crippen LogP contribution in [0.3, 0.4) is 0 Å². The predicted molar refractivity (Wildman–Crippen MR) is 263 cm³/mol. The van der Waals surface area contributed by atoms with Gasteiger partial charge in [-0.25, -0.2) is 4.98 Å². The first-order valence-corrected chi connectivity index (χ1v) is 23.0. The second-order valence-corrected chi connectivity index (χ2v) is 22.5. The summed E-state index contributed by atoms with van der Waals surface area (Å²) in [4.78, 5) is 9.20. The minimum atomic E-state index is -0.690. The number of benzene rings is 5. The largest absolute Gasteiger partial charge is 0.510 e. The maximum atomic E-state index is 6.89. The van der Waals surface area contributed by atoms with E-state index in [2.05, 4.69) is 188 Å². The number of pyridine rings is 2. The zero-order chi connectivity index (χ0) is 45.7. The van der Waals surface area contributed by atoms with E-state index in [1.54, 1.807) is 0 Å². The van der Waals surface area contributed by atoms with Crippen LogP contribution in [0.2, 0.25) is 0 Å². The third-order valence-electron chi connectivity index (χ3n) is 14.0. The predicted octanol–water partition coefficient (Wildman–Crippen LogP) is 13.4. The third kappa shape index (κ3) is 6.34. The van der Waals surface area contributed by atoms with Crippen molar-refractivity contribution in [3.63, 3.8) is 0 Å². The summed E-state index contributed by atoms with van der Waals surface area (Å²) >= 11 is 0. The molecule has 4 aromatic heterocycles. The Kier molecular flexibility index (Phi) is 9.72. The second kappa shape index (κ2) is 14.6. The van der Waals surface area contributed by atoms with Crippen molar-refractivity contribution >= 4 is 32.8 Å². The first kappa shape index (κ1) is 44.0. The zero-order valence-corrected chi connectivity index (χ0v) is 42.6. The maximum Gasteiger partial charge on any atom is 0.242 e. The standard InChI is InChI=1S/C59H57N5O.Pt/c1-55(2,3)35-27-41-42-28-36(56(4,5)6)30-46(58(10,11)12)53(42)59(52(41)45(29-35)57(7,8)9)43-23-21-38(32-49(43)63-34-62(13)47-18-16-17-44(59)54(47)63)65-37-20-22-39-40-24-26-60-33-50(40)64(48(39)31-37)51-19-14-15-25-61-51;/h14-30,33H,1-13H3;/q-2;. The molecule has 0 unspecified atom stereocenters. The number of nitrogens with zero attached hydrogens (tertiary/aromatic N) is 5. The Morgan fingerprint density at radius 1 is 0.621 bits per heavy atom. The molecule has 0 amide bonds. The number of imidazole rings is 1. The van der Waals surface area contributed by atoms with E-state index in [9.17, 15) is 0 Å². The van der Waals surface area contributed by atoms with Gasteiger partial charge in [-0.05, 0) is 95.3 Å². The second-order valence-electron chi connectivity index (χ2n) is 22.5. The van der Waals surface area contributed by atoms with Gasteiger partial charge in [0, 0.05) is 50.4 Å². The van der Waals surface area contributed by atoms with E-state index in [0.717, 1.165) is 44.3 Å². The summed E-state index contributed by atoms with van der Waals surface area (Å²) in [5, 5.41) is 2.13. The van der Waals surface area contributed by atoms with Gasteiger partial charge in [0.05, 0.1) is 29.8 Å². The fourth-order valence-electron chi connectivity index (χ4n) is 10.8. The quantitative estimate of drug-likeness (QED) is 0.131. The third-order valence-corrected chi connectivity index (χ3v) is 14.0. The average Bonchev–Trinajstić information content (AvgIpc) is 3.87. The van der Waals surface area contributed by atoms with E-state index in [0.29, 0.717) is 11.5 Å². The van der Waals surface area contributed by atoms with Crippen molar-refractivity contribution in [3.8, 4) is 34.1 Å². The number of ether oxygens (including phenoxy) is 1. The van der Waals surface area contributed by atoms with Gasteiger partial charge >= 0.3 is 0 Å². The molecule has 2 aliphatic rings. The fraction of sp³-hybridized carbons (Fsp3) is 0.305. The number of hydrogen-bond donors (Lipinski definition) is 0. The summed E-state index contributed by atoms with van der Waals surface area (Å²) in [5.74, 6) is 1.99. The molecule has 66 heavy (non-hydrogen) atoms. The monoisotopic (exact) mass is 1050 g/mol. The van der Waals surface area contributed by atoms with E-state index in [-0.39, 0.29) is 42.7 Å². The van der Waals surface area contributed by atoms with Crippen molar-refractivity contribution in [1.29, 1.82) is 0 Å². The van der Waals surface area contributed by atoms with Gasteiger partial charge < -0.3 is 18.4 Å². The van der Waals surface area contributed by atoms with E-state index >= 15 is 0 Å². The molecule has 1 spiro atoms. The molecule has 0 bridgehead atoms. The van der Waals surface area contributed by atoms with Gasteiger partial charge in [0.15, 0.2) is 0 Å². The van der Waals surface area contributed by atoms with E-state index in [1.807, 2.05) is 48.9 Å². The van der Waals surface area contributed by atoms with Crippen molar-refractivity contribution in [2.45, 2.75) is 110 Å². The van der Waals surface area contributed by atoms with E-state index in [4.69, 9.17) is 9.72 Å². The Labute approximate surface area is 404 Å². The SMILES string of the molecule is C[n+]1[c-]n2c3c(cccc31)C1(c3ccc(Oc4[c-]c5c(cc4)c4ccncc4n5-c4ccccn4)[c-]c3-2)c2c(cc(C(C)(C)C)cc2C(C)(C)C)-c2cc(C(C)(C)C)cc(C(C)(C)C)c21.[Pt]. The van der Waals surface area contributed by atoms with E-state index < -0.39 is 5.41 Å². The van der Waals surface area contributed by atoms with Gasteiger partial charge in [-0.3, -0.25) is 4.98 Å². The molecule has 1 aliphatic carbocycles. The molecule has 0 fully saturated rings. The van der Waals surface area contributed by atoms with Gasteiger partial charge in [0.2, 0.25) is 6.33 Å². The van der Waals surface area contributed by atoms with Crippen LogP contribution in [0.1, 0.15) is 128 Å². The molecular formula is C59H57N5OPt-2. The van der Waals surface area contributed by atoms with Gasteiger partial charge in [-0.15, -0.1) is 35.2 Å². The molecule has 336 valence electrons. The number of hydrogen-bond acceptors (Lipinski definition) is 3. The Balaban J connectivity index is 0.00000511. The van der Waals surface area contributed by atoms with Crippen LogP contribution >= 0.6 is 0 Å². The first-order valence-electron chi connectivity index (χ1n) is 23.0. The van der Waals surface area contributed by atoms with Crippen LogP contribution in [-0.4, -0.2) is 19.1 Å². The Morgan fingerprint density at radius 3 is 1.86 bits per heavy atom. The van der Waals surface area contributed by atoms with Crippen LogP contribution < -0.4 is 9.30 Å². The van der Waals surface area contributed by atoms with Crippen LogP contribution in [0.4, 0.5) is 0 Å². The van der Waals surface area contributed by atoms with Crippen LogP contribution in [0, 0.1) is 18.5 Å². The number of rotatable bonds is 3. The average molecular weight is 1050 g/mol. The van der Waals surface area contributed by atoms with Crippen molar-refractivity contribution in [2.24, 2.45) is 7.05 Å². The van der Waals surface area contributed by atoms with Crippen molar-refractivity contribution in [1.82, 2.24) is 19.1 Å². The van der Waals surface area contributed by atoms with Crippen LogP contribution in [0.25, 0.3) is 55.5 Å². The van der Waals surface area contributed by atoms with Crippen LogP contribution in [-0.2, 0) is 55.2 Å². The summed E-state index contributed by atoms with van der Waals surface area (Å²) in [5.41, 5.74) is 17.1. The van der Waals surface area contributed by atoms with Crippen molar-refractivity contribution in [2.75, 3.05) is 0 Å². The zero-order valence-electron chi connectivity index (χ0n) is 40.4. The minimum Gasteiger partial charge on any atom is -0.510 e. The number of aromatic nitrogens is 5. The Hall–Kier alpha value is -5.84. The molecule has 1 aliphatic heterocycles. The molecule has 6 nitrogen and oxygen atoms in total. The molecule has 0 N–H and O–H groups in total. The Morgan fingerprint density at radius 2 is 1.26 bits per heavy atom. The Bertz CT molecular complexity index is 3370. The van der Waals surface area contributed by atoms with Crippen LogP contribution in [0.15, 0.2) is 110 Å². The normalized spacial score (nSPS) is 14.1. The summed E-state index contributed by atoms with van der Waals surface area (Å²) < 4.78 is 13.4. The molecule has 5 aromatic carbocycles. The molecule has 0 atom stereocenters. The number of para-hydroxylation sites is 1. The van der Waals surface area contributed by atoms with Gasteiger partial charge in [0.25, 0.3) is 0 Å². The minimum absolute atomic E-state index is 0. The molecule has 0 saturated carbocycles. The van der Waals surface area contributed by atoms with E-state index in [1.165, 1.54) is 55.6 Å². The van der Waals surface area contributed by atoms with Gasteiger partial charge in [-0.1, -0.05) is 143 Å². The summed E-state index contributed by atoms with van der Waals surface area (Å²) in [6.07, 6.45) is 9.27. The summed E-state index contributed by atoms with van der Waals surface area (Å²) in [6.45, 7) is 28.4. The van der Waals surface area contributed by atoms with Gasteiger partial charge in [-0.2, -0.15) is 12.1 Å². The van der Waals surface area contributed by atoms with Gasteiger partial charge in [0.1, 0.15) is 5.82 Å². The molecule has 7 heteroatoms. The smallest absolute Gasteiger partial charge is 0.242 e. The maximum absolute atomic E-state index is 6.89. The topological polar surface area (TPSA) is 48.8 Å². The molecule has 0 saturated heterocycles. The van der Waals surface area contributed by atoms with Crippen molar-refractivity contribution in [3.05, 3.63) is 173 Å². The molecule has 0 radical (unpaired) electrons. The first-order chi connectivity index (χ1) is 30.7. The summed E-state index contributed by atoms with van der Waals surface area (Å²) in [7, 11) is 2.10. The number of aryl methyl sites for hydroxylation is 1. The molecular weight excluding hydrogens is 990 g/mol. The summed E-state index contributed by atoms with van der Waals surface area (Å²) in [6, 6.07) is 41.1. The molecule has 11 rings (SSSR count). The van der Waals surface area contributed by atoms with Crippen LogP contribution in [0.5, 0.6) is 11.5 Å².